The van der Waals surface area contributed by atoms with Crippen LogP contribution in [0.15, 0.2) is 0 Å². The van der Waals surface area contributed by atoms with Crippen LogP contribution in [0, 0.1) is 5.41 Å². The van der Waals surface area contributed by atoms with Gasteiger partial charge in [0.2, 0.25) is 0 Å². The molecule has 1 aliphatic rings. The monoisotopic (exact) mass is 259 g/mol. The van der Waals surface area contributed by atoms with Crippen molar-refractivity contribution in [1.29, 1.82) is 0 Å². The molecule has 17 heavy (non-hydrogen) atoms. The van der Waals surface area contributed by atoms with Crippen molar-refractivity contribution in [3.05, 3.63) is 0 Å². The molecule has 1 N–H and O–H groups in total. The number of hydrogen-bond acceptors (Lipinski definition) is 3. The SMILES string of the molecule is CCCC1(CCC)CN(CC(C)(O)CSC)C1. The summed E-state index contributed by atoms with van der Waals surface area (Å²) in [6.07, 6.45) is 7.33. The third kappa shape index (κ3) is 4.46. The molecule has 1 aliphatic heterocycles. The van der Waals surface area contributed by atoms with Gasteiger partial charge in [-0.1, -0.05) is 26.7 Å². The lowest BCUT2D eigenvalue weighted by Crippen LogP contribution is -2.60. The highest BCUT2D eigenvalue weighted by Gasteiger charge is 2.42. The molecule has 2 nitrogen and oxygen atoms in total. The van der Waals surface area contributed by atoms with E-state index < -0.39 is 5.60 Å². The van der Waals surface area contributed by atoms with Crippen LogP contribution >= 0.6 is 11.8 Å². The zero-order chi connectivity index (χ0) is 12.9. The molecule has 0 amide bonds. The molecule has 0 aromatic rings. The van der Waals surface area contributed by atoms with Crippen molar-refractivity contribution in [3.8, 4) is 0 Å². The Hall–Kier alpha value is 0.270. The summed E-state index contributed by atoms with van der Waals surface area (Å²) in [4.78, 5) is 2.43. The van der Waals surface area contributed by atoms with E-state index in [2.05, 4.69) is 25.0 Å². The Labute approximate surface area is 111 Å². The van der Waals surface area contributed by atoms with Crippen LogP contribution in [-0.4, -0.2) is 47.3 Å². The van der Waals surface area contributed by atoms with Crippen LogP contribution in [0.5, 0.6) is 0 Å². The van der Waals surface area contributed by atoms with Gasteiger partial charge >= 0.3 is 0 Å². The number of rotatable bonds is 8. The molecule has 0 spiro atoms. The maximum atomic E-state index is 10.2. The Morgan fingerprint density at radius 2 is 1.76 bits per heavy atom. The number of nitrogens with zero attached hydrogens (tertiary/aromatic N) is 1. The van der Waals surface area contributed by atoms with Gasteiger partial charge in [0.1, 0.15) is 0 Å². The highest BCUT2D eigenvalue weighted by atomic mass is 32.2. The maximum absolute atomic E-state index is 10.2. The average Bonchev–Trinajstić information content (AvgIpc) is 2.15. The molecule has 1 saturated heterocycles. The van der Waals surface area contributed by atoms with Gasteiger partial charge in [-0.3, -0.25) is 4.90 Å². The number of likely N-dealkylation sites (tertiary alicyclic amines) is 1. The predicted molar refractivity (Wildman–Crippen MR) is 77.7 cm³/mol. The van der Waals surface area contributed by atoms with Crippen molar-refractivity contribution in [2.24, 2.45) is 5.41 Å². The molecule has 0 radical (unpaired) electrons. The number of β-amino-alcohol motifs (C(OH)–C–C–N with tert-alkyl or cyclic N) is 1. The van der Waals surface area contributed by atoms with E-state index >= 15 is 0 Å². The minimum atomic E-state index is -0.524. The van der Waals surface area contributed by atoms with Gasteiger partial charge in [-0.2, -0.15) is 11.8 Å². The molecule has 0 saturated carbocycles. The summed E-state index contributed by atoms with van der Waals surface area (Å²) in [5.74, 6) is 0.831. The zero-order valence-corrected chi connectivity index (χ0v) is 12.8. The smallest absolute Gasteiger partial charge is 0.0835 e. The topological polar surface area (TPSA) is 23.5 Å². The first kappa shape index (κ1) is 15.3. The fourth-order valence-electron chi connectivity index (χ4n) is 3.35. The van der Waals surface area contributed by atoms with Crippen molar-refractivity contribution in [2.75, 3.05) is 31.6 Å². The molecule has 1 atom stereocenters. The van der Waals surface area contributed by atoms with Gasteiger partial charge in [0.25, 0.3) is 0 Å². The quantitative estimate of drug-likeness (QED) is 0.725. The molecular formula is C14H29NOS. The average molecular weight is 259 g/mol. The second kappa shape index (κ2) is 6.44. The first-order chi connectivity index (χ1) is 7.97. The summed E-state index contributed by atoms with van der Waals surface area (Å²) in [5.41, 5.74) is 0.0446. The standard InChI is InChI=1S/C14H29NOS/c1-5-7-14(8-6-2)10-15(11-14)9-13(3,16)12-17-4/h16H,5-12H2,1-4H3. The van der Waals surface area contributed by atoms with E-state index in [9.17, 15) is 5.11 Å². The van der Waals surface area contributed by atoms with Crippen LogP contribution < -0.4 is 0 Å². The van der Waals surface area contributed by atoms with Crippen LogP contribution in [0.1, 0.15) is 46.5 Å². The summed E-state index contributed by atoms with van der Waals surface area (Å²) in [6, 6.07) is 0. The van der Waals surface area contributed by atoms with Crippen molar-refractivity contribution in [1.82, 2.24) is 4.90 Å². The summed E-state index contributed by atoms with van der Waals surface area (Å²) < 4.78 is 0. The molecule has 0 aromatic heterocycles. The maximum Gasteiger partial charge on any atom is 0.0835 e. The molecule has 1 rings (SSSR count). The molecule has 102 valence electrons. The summed E-state index contributed by atoms with van der Waals surface area (Å²) in [7, 11) is 0. The molecule has 1 fully saturated rings. The summed E-state index contributed by atoms with van der Waals surface area (Å²) >= 11 is 1.73. The Bertz CT molecular complexity index is 216. The van der Waals surface area contributed by atoms with Crippen molar-refractivity contribution >= 4 is 11.8 Å². The molecule has 0 bridgehead atoms. The summed E-state index contributed by atoms with van der Waals surface area (Å²) in [5, 5.41) is 10.2. The third-order valence-corrected chi connectivity index (χ3v) is 4.61. The fraction of sp³-hybridized carbons (Fsp3) is 1.00. The van der Waals surface area contributed by atoms with E-state index in [1.165, 1.54) is 38.8 Å². The predicted octanol–water partition coefficient (Wildman–Crippen LogP) is 3.00. The van der Waals surface area contributed by atoms with E-state index in [4.69, 9.17) is 0 Å². The van der Waals surface area contributed by atoms with Crippen LogP contribution in [0.25, 0.3) is 0 Å². The Balaban J connectivity index is 2.38. The normalized spacial score (nSPS) is 23.1. The van der Waals surface area contributed by atoms with Gasteiger partial charge < -0.3 is 5.11 Å². The van der Waals surface area contributed by atoms with Crippen LogP contribution in [0.3, 0.4) is 0 Å². The zero-order valence-electron chi connectivity index (χ0n) is 12.0. The molecule has 1 unspecified atom stereocenters. The number of aliphatic hydroxyl groups is 1. The lowest BCUT2D eigenvalue weighted by atomic mass is 9.72. The number of hydrogen-bond donors (Lipinski definition) is 1. The Morgan fingerprint density at radius 1 is 1.24 bits per heavy atom. The first-order valence-corrected chi connectivity index (χ1v) is 8.30. The van der Waals surface area contributed by atoms with Gasteiger partial charge in [-0.05, 0) is 31.4 Å². The van der Waals surface area contributed by atoms with Crippen molar-refractivity contribution < 1.29 is 5.11 Å². The van der Waals surface area contributed by atoms with Crippen LogP contribution in [0.4, 0.5) is 0 Å². The van der Waals surface area contributed by atoms with E-state index in [0.717, 1.165) is 12.3 Å². The fourth-order valence-corrected chi connectivity index (χ4v) is 4.07. The minimum Gasteiger partial charge on any atom is -0.388 e. The number of thioether (sulfide) groups is 1. The van der Waals surface area contributed by atoms with Crippen LogP contribution in [-0.2, 0) is 0 Å². The molecule has 0 aromatic carbocycles. The molecular weight excluding hydrogens is 230 g/mol. The van der Waals surface area contributed by atoms with Crippen molar-refractivity contribution in [3.63, 3.8) is 0 Å². The summed E-state index contributed by atoms with van der Waals surface area (Å²) in [6.45, 7) is 9.75. The minimum absolute atomic E-state index is 0.524. The van der Waals surface area contributed by atoms with Gasteiger partial charge in [0.15, 0.2) is 0 Å². The highest BCUT2D eigenvalue weighted by molar-refractivity contribution is 7.98. The third-order valence-electron chi connectivity index (χ3n) is 3.70. The lowest BCUT2D eigenvalue weighted by molar-refractivity contribution is -0.0606. The molecule has 1 heterocycles. The first-order valence-electron chi connectivity index (χ1n) is 6.90. The van der Waals surface area contributed by atoms with Gasteiger partial charge in [-0.25, -0.2) is 0 Å². The van der Waals surface area contributed by atoms with E-state index in [1.807, 2.05) is 6.92 Å². The van der Waals surface area contributed by atoms with Crippen LogP contribution in [0.2, 0.25) is 0 Å². The molecule has 3 heteroatoms. The largest absolute Gasteiger partial charge is 0.388 e. The van der Waals surface area contributed by atoms with Gasteiger partial charge in [0.05, 0.1) is 5.60 Å². The lowest BCUT2D eigenvalue weighted by Gasteiger charge is -2.52. The van der Waals surface area contributed by atoms with Gasteiger partial charge in [-0.15, -0.1) is 0 Å². The Kier molecular flexibility index (Phi) is 5.81. The molecule has 0 aliphatic carbocycles. The highest BCUT2D eigenvalue weighted by Crippen LogP contribution is 2.40. The second-order valence-electron chi connectivity index (χ2n) is 6.08. The van der Waals surface area contributed by atoms with E-state index in [-0.39, 0.29) is 0 Å². The second-order valence-corrected chi connectivity index (χ2v) is 6.94. The van der Waals surface area contributed by atoms with E-state index in [1.54, 1.807) is 11.8 Å². The van der Waals surface area contributed by atoms with E-state index in [0.29, 0.717) is 5.41 Å². The van der Waals surface area contributed by atoms with Gasteiger partial charge in [0, 0.05) is 25.4 Å². The van der Waals surface area contributed by atoms with Crippen molar-refractivity contribution in [2.45, 2.75) is 52.1 Å². The Morgan fingerprint density at radius 3 is 2.18 bits per heavy atom.